The van der Waals surface area contributed by atoms with Crippen LogP contribution in [0.4, 0.5) is 0 Å². The van der Waals surface area contributed by atoms with Crippen molar-refractivity contribution in [2.75, 3.05) is 14.2 Å². The lowest BCUT2D eigenvalue weighted by atomic mass is 10.1. The first-order chi connectivity index (χ1) is 8.15. The SMILES string of the molecule is CNC(=O)c1cc(OC)c2[nH]c(=O)ccc2c1. The maximum atomic E-state index is 11.6. The first kappa shape index (κ1) is 11.2. The predicted molar refractivity (Wildman–Crippen MR) is 64.5 cm³/mol. The molecule has 1 aromatic heterocycles. The molecule has 1 heterocycles. The van der Waals surface area contributed by atoms with Gasteiger partial charge in [0.05, 0.1) is 12.6 Å². The number of carbonyl (C=O) groups excluding carboxylic acids is 1. The number of hydrogen-bond acceptors (Lipinski definition) is 3. The number of methoxy groups -OCH3 is 1. The average Bonchev–Trinajstić information content (AvgIpc) is 2.36. The first-order valence-electron chi connectivity index (χ1n) is 5.09. The van der Waals surface area contributed by atoms with E-state index in [1.165, 1.54) is 13.2 Å². The van der Waals surface area contributed by atoms with Crippen LogP contribution >= 0.6 is 0 Å². The largest absolute Gasteiger partial charge is 0.495 e. The van der Waals surface area contributed by atoms with Crippen LogP contribution in [0.3, 0.4) is 0 Å². The number of fused-ring (bicyclic) bond motifs is 1. The van der Waals surface area contributed by atoms with Crippen LogP contribution in [0.5, 0.6) is 5.75 Å². The van der Waals surface area contributed by atoms with E-state index in [0.29, 0.717) is 16.8 Å². The van der Waals surface area contributed by atoms with Crippen LogP contribution in [-0.4, -0.2) is 25.0 Å². The molecule has 17 heavy (non-hydrogen) atoms. The molecule has 0 unspecified atom stereocenters. The maximum Gasteiger partial charge on any atom is 0.251 e. The Labute approximate surface area is 97.4 Å². The molecule has 1 aromatic carbocycles. The first-order valence-corrected chi connectivity index (χ1v) is 5.09. The Bertz CT molecular complexity index is 631. The molecule has 0 saturated heterocycles. The zero-order valence-electron chi connectivity index (χ0n) is 9.53. The topological polar surface area (TPSA) is 71.2 Å². The van der Waals surface area contributed by atoms with Crippen LogP contribution < -0.4 is 15.6 Å². The maximum absolute atomic E-state index is 11.6. The molecule has 0 spiro atoms. The minimum absolute atomic E-state index is 0.198. The molecule has 5 heteroatoms. The standard InChI is InChI=1S/C12H12N2O3/c1-13-12(16)8-5-7-3-4-10(15)14-11(7)9(6-8)17-2/h3-6H,1-2H3,(H,13,16)(H,14,15). The number of nitrogens with one attached hydrogen (secondary N) is 2. The van der Waals surface area contributed by atoms with Gasteiger partial charge in [-0.1, -0.05) is 0 Å². The minimum Gasteiger partial charge on any atom is -0.495 e. The lowest BCUT2D eigenvalue weighted by Crippen LogP contribution is -2.18. The molecule has 2 rings (SSSR count). The fourth-order valence-electron chi connectivity index (χ4n) is 1.67. The molecule has 0 radical (unpaired) electrons. The van der Waals surface area contributed by atoms with Gasteiger partial charge >= 0.3 is 0 Å². The van der Waals surface area contributed by atoms with Crippen LogP contribution in [0.1, 0.15) is 10.4 Å². The van der Waals surface area contributed by atoms with Gasteiger partial charge in [0.15, 0.2) is 0 Å². The van der Waals surface area contributed by atoms with Crippen LogP contribution in [-0.2, 0) is 0 Å². The fraction of sp³-hybridized carbons (Fsp3) is 0.167. The molecule has 5 nitrogen and oxygen atoms in total. The van der Waals surface area contributed by atoms with Gasteiger partial charge in [-0.15, -0.1) is 0 Å². The third-order valence-electron chi connectivity index (χ3n) is 2.50. The summed E-state index contributed by atoms with van der Waals surface area (Å²) in [6.07, 6.45) is 0. The monoisotopic (exact) mass is 232 g/mol. The molecule has 0 aliphatic carbocycles. The normalized spacial score (nSPS) is 10.2. The second kappa shape index (κ2) is 4.29. The summed E-state index contributed by atoms with van der Waals surface area (Å²) in [6, 6.07) is 6.36. The van der Waals surface area contributed by atoms with Gasteiger partial charge in [0.1, 0.15) is 5.75 Å². The lowest BCUT2D eigenvalue weighted by Gasteiger charge is -2.08. The van der Waals surface area contributed by atoms with E-state index in [9.17, 15) is 9.59 Å². The summed E-state index contributed by atoms with van der Waals surface area (Å²) in [7, 11) is 3.06. The fourth-order valence-corrected chi connectivity index (χ4v) is 1.67. The van der Waals surface area contributed by atoms with Crippen molar-refractivity contribution < 1.29 is 9.53 Å². The Kier molecular flexibility index (Phi) is 2.82. The summed E-state index contributed by atoms with van der Waals surface area (Å²) >= 11 is 0. The van der Waals surface area contributed by atoms with E-state index in [1.54, 1.807) is 25.2 Å². The van der Waals surface area contributed by atoms with Gasteiger partial charge in [-0.3, -0.25) is 9.59 Å². The number of carbonyl (C=O) groups is 1. The highest BCUT2D eigenvalue weighted by Crippen LogP contribution is 2.24. The molecule has 0 aliphatic heterocycles. The molecule has 0 bridgehead atoms. The molecule has 0 saturated carbocycles. The highest BCUT2D eigenvalue weighted by Gasteiger charge is 2.09. The minimum atomic E-state index is -0.205. The molecule has 2 aromatic rings. The van der Waals surface area contributed by atoms with Gasteiger partial charge in [-0.25, -0.2) is 0 Å². The van der Waals surface area contributed by atoms with E-state index in [4.69, 9.17) is 4.74 Å². The number of rotatable bonds is 2. The van der Waals surface area contributed by atoms with Crippen LogP contribution in [0, 0.1) is 0 Å². The number of amides is 1. The van der Waals surface area contributed by atoms with Gasteiger partial charge in [0, 0.05) is 24.1 Å². The molecule has 0 aliphatic rings. The van der Waals surface area contributed by atoms with Crippen molar-refractivity contribution in [2.24, 2.45) is 0 Å². The number of pyridine rings is 1. The Morgan fingerprint density at radius 2 is 2.12 bits per heavy atom. The average molecular weight is 232 g/mol. The summed E-state index contributed by atoms with van der Waals surface area (Å²) in [5.74, 6) is 0.273. The van der Waals surface area contributed by atoms with E-state index in [2.05, 4.69) is 10.3 Å². The summed E-state index contributed by atoms with van der Waals surface area (Å²) < 4.78 is 5.17. The van der Waals surface area contributed by atoms with E-state index >= 15 is 0 Å². The Hall–Kier alpha value is -2.30. The van der Waals surface area contributed by atoms with E-state index in [-0.39, 0.29) is 11.5 Å². The van der Waals surface area contributed by atoms with Gasteiger partial charge in [-0.2, -0.15) is 0 Å². The van der Waals surface area contributed by atoms with E-state index < -0.39 is 0 Å². The molecular weight excluding hydrogens is 220 g/mol. The second-order valence-corrected chi connectivity index (χ2v) is 3.54. The van der Waals surface area contributed by atoms with Crippen LogP contribution in [0.2, 0.25) is 0 Å². The van der Waals surface area contributed by atoms with Crippen molar-refractivity contribution in [3.63, 3.8) is 0 Å². The van der Waals surface area contributed by atoms with Gasteiger partial charge in [0.2, 0.25) is 5.56 Å². The zero-order valence-corrected chi connectivity index (χ0v) is 9.53. The van der Waals surface area contributed by atoms with Crippen molar-refractivity contribution in [2.45, 2.75) is 0 Å². The summed E-state index contributed by atoms with van der Waals surface area (Å²) in [4.78, 5) is 25.5. The number of ether oxygens (including phenoxy) is 1. The zero-order chi connectivity index (χ0) is 12.4. The number of H-pyrrole nitrogens is 1. The highest BCUT2D eigenvalue weighted by molar-refractivity contribution is 5.99. The van der Waals surface area contributed by atoms with Crippen molar-refractivity contribution in [1.29, 1.82) is 0 Å². The number of hydrogen-bond donors (Lipinski definition) is 2. The smallest absolute Gasteiger partial charge is 0.251 e. The highest BCUT2D eigenvalue weighted by atomic mass is 16.5. The third kappa shape index (κ3) is 1.99. The van der Waals surface area contributed by atoms with Gasteiger partial charge < -0.3 is 15.0 Å². The van der Waals surface area contributed by atoms with Crippen molar-refractivity contribution in [1.82, 2.24) is 10.3 Å². The van der Waals surface area contributed by atoms with Gasteiger partial charge in [-0.05, 0) is 18.2 Å². The molecule has 88 valence electrons. The number of aromatic amines is 1. The van der Waals surface area contributed by atoms with Crippen LogP contribution in [0.15, 0.2) is 29.1 Å². The molecule has 1 amide bonds. The van der Waals surface area contributed by atoms with E-state index in [0.717, 1.165) is 5.39 Å². The molecule has 2 N–H and O–H groups in total. The molecule has 0 atom stereocenters. The second-order valence-electron chi connectivity index (χ2n) is 3.54. The summed E-state index contributed by atoms with van der Waals surface area (Å²) in [5, 5.41) is 3.29. The lowest BCUT2D eigenvalue weighted by molar-refractivity contribution is 0.0963. The molecule has 0 fully saturated rings. The Morgan fingerprint density at radius 1 is 1.35 bits per heavy atom. The Morgan fingerprint density at radius 3 is 2.76 bits per heavy atom. The van der Waals surface area contributed by atoms with Crippen molar-refractivity contribution >= 4 is 16.8 Å². The predicted octanol–water partition coefficient (Wildman–Crippen LogP) is 0.896. The van der Waals surface area contributed by atoms with Gasteiger partial charge in [0.25, 0.3) is 5.91 Å². The molecular formula is C12H12N2O3. The quantitative estimate of drug-likeness (QED) is 0.808. The third-order valence-corrected chi connectivity index (χ3v) is 2.50. The Balaban J connectivity index is 2.74. The van der Waals surface area contributed by atoms with Crippen LogP contribution in [0.25, 0.3) is 10.9 Å². The van der Waals surface area contributed by atoms with Crippen molar-refractivity contribution in [3.8, 4) is 5.75 Å². The van der Waals surface area contributed by atoms with Crippen molar-refractivity contribution in [3.05, 3.63) is 40.2 Å². The number of aromatic nitrogens is 1. The summed E-state index contributed by atoms with van der Waals surface area (Å²) in [6.45, 7) is 0. The van der Waals surface area contributed by atoms with E-state index in [1.807, 2.05) is 0 Å². The summed E-state index contributed by atoms with van der Waals surface area (Å²) in [5.41, 5.74) is 0.875. The number of benzene rings is 1.